The summed E-state index contributed by atoms with van der Waals surface area (Å²) in [7, 11) is 2.18. The van der Waals surface area contributed by atoms with Gasteiger partial charge in [-0.1, -0.05) is 11.6 Å². The van der Waals surface area contributed by atoms with Crippen LogP contribution >= 0.6 is 11.3 Å². The van der Waals surface area contributed by atoms with Gasteiger partial charge in [0.1, 0.15) is 0 Å². The van der Waals surface area contributed by atoms with E-state index >= 15 is 0 Å². The summed E-state index contributed by atoms with van der Waals surface area (Å²) in [6.45, 7) is 5.97. The molecule has 0 aromatic carbocycles. The molecule has 3 rings (SSSR count). The molecule has 2 heterocycles. The Morgan fingerprint density at radius 2 is 2.33 bits per heavy atom. The molecule has 1 fully saturated rings. The lowest BCUT2D eigenvalue weighted by atomic mass is 9.97. The van der Waals surface area contributed by atoms with Crippen molar-refractivity contribution in [3.05, 3.63) is 27.7 Å². The van der Waals surface area contributed by atoms with Crippen LogP contribution in [0.4, 0.5) is 0 Å². The van der Waals surface area contributed by atoms with Gasteiger partial charge in [0, 0.05) is 37.5 Å². The first-order chi connectivity index (χ1) is 11.6. The van der Waals surface area contributed by atoms with Crippen molar-refractivity contribution in [1.29, 1.82) is 0 Å². The van der Waals surface area contributed by atoms with Crippen molar-refractivity contribution < 1.29 is 4.79 Å². The van der Waals surface area contributed by atoms with Gasteiger partial charge in [-0.25, -0.2) is 4.98 Å². The van der Waals surface area contributed by atoms with Crippen molar-refractivity contribution in [2.75, 3.05) is 26.7 Å². The fraction of sp³-hybridized carbons (Fsp3) is 0.684. The molecule has 132 valence electrons. The maximum atomic E-state index is 12.5. The number of nitrogens with zero attached hydrogens (tertiary/aromatic N) is 3. The molecular formula is C19H29N3OS. The summed E-state index contributed by atoms with van der Waals surface area (Å²) in [5, 5.41) is 0. The molecule has 1 aromatic heterocycles. The molecule has 0 saturated carbocycles. The van der Waals surface area contributed by atoms with E-state index in [1.54, 1.807) is 11.3 Å². The van der Waals surface area contributed by atoms with Gasteiger partial charge in [0.25, 0.3) is 0 Å². The summed E-state index contributed by atoms with van der Waals surface area (Å²) in [6, 6.07) is 0. The summed E-state index contributed by atoms with van der Waals surface area (Å²) >= 11 is 1.74. The molecule has 5 heteroatoms. The summed E-state index contributed by atoms with van der Waals surface area (Å²) in [6.07, 6.45) is 8.91. The second-order valence-corrected chi connectivity index (χ2v) is 8.28. The van der Waals surface area contributed by atoms with Crippen molar-refractivity contribution in [3.8, 4) is 0 Å². The number of allylic oxidation sites excluding steroid dienone is 1. The Morgan fingerprint density at radius 1 is 1.46 bits per heavy atom. The highest BCUT2D eigenvalue weighted by Gasteiger charge is 2.27. The minimum atomic E-state index is 0.339. The van der Waals surface area contributed by atoms with Gasteiger partial charge in [0.2, 0.25) is 5.91 Å². The summed E-state index contributed by atoms with van der Waals surface area (Å²) in [5.41, 5.74) is 4.44. The molecule has 1 aromatic rings. The number of hydrogen-bond acceptors (Lipinski definition) is 4. The van der Waals surface area contributed by atoms with Crippen LogP contribution in [0.3, 0.4) is 0 Å². The van der Waals surface area contributed by atoms with E-state index in [0.29, 0.717) is 18.2 Å². The van der Waals surface area contributed by atoms with E-state index in [0.717, 1.165) is 51.1 Å². The van der Waals surface area contributed by atoms with Crippen LogP contribution in [0, 0.1) is 12.8 Å². The number of thiazole rings is 1. The van der Waals surface area contributed by atoms with Gasteiger partial charge >= 0.3 is 0 Å². The first kappa shape index (κ1) is 17.6. The topological polar surface area (TPSA) is 36.4 Å². The summed E-state index contributed by atoms with van der Waals surface area (Å²) in [5.74, 6) is 0.944. The number of amides is 1. The van der Waals surface area contributed by atoms with E-state index < -0.39 is 0 Å². The third-order valence-electron chi connectivity index (χ3n) is 5.23. The molecule has 0 bridgehead atoms. The SMILES string of the molecule is Cc1ncsc1CN(C)C[C@H]1CCN(C(=O)CC2=CCCCC2)C1. The number of rotatable bonds is 6. The van der Waals surface area contributed by atoms with Crippen LogP contribution in [-0.4, -0.2) is 47.4 Å². The Hall–Kier alpha value is -1.20. The van der Waals surface area contributed by atoms with Crippen LogP contribution in [0.5, 0.6) is 0 Å². The van der Waals surface area contributed by atoms with E-state index in [4.69, 9.17) is 0 Å². The number of aromatic nitrogens is 1. The van der Waals surface area contributed by atoms with Crippen molar-refractivity contribution in [2.45, 2.75) is 52.0 Å². The Bertz CT molecular complexity index is 595. The molecule has 4 nitrogen and oxygen atoms in total. The fourth-order valence-corrected chi connectivity index (χ4v) is 4.66. The van der Waals surface area contributed by atoms with Crippen LogP contribution in [0.15, 0.2) is 17.2 Å². The Kier molecular flexibility index (Phi) is 6.06. The number of likely N-dealkylation sites (tertiary alicyclic amines) is 1. The minimum Gasteiger partial charge on any atom is -0.342 e. The van der Waals surface area contributed by atoms with E-state index in [1.165, 1.54) is 23.3 Å². The molecule has 0 radical (unpaired) electrons. The lowest BCUT2D eigenvalue weighted by Crippen LogP contribution is -2.31. The smallest absolute Gasteiger partial charge is 0.226 e. The van der Waals surface area contributed by atoms with E-state index in [9.17, 15) is 4.79 Å². The van der Waals surface area contributed by atoms with Crippen molar-refractivity contribution in [1.82, 2.24) is 14.8 Å². The van der Waals surface area contributed by atoms with E-state index in [2.05, 4.69) is 34.8 Å². The predicted molar refractivity (Wildman–Crippen MR) is 99.0 cm³/mol. The van der Waals surface area contributed by atoms with Gasteiger partial charge in [-0.2, -0.15) is 0 Å². The fourth-order valence-electron chi connectivity index (χ4n) is 3.81. The third kappa shape index (κ3) is 4.67. The standard InChI is InChI=1S/C19H29N3OS/c1-15-18(24-14-20-15)13-21(2)11-17-8-9-22(12-17)19(23)10-16-6-4-3-5-7-16/h6,14,17H,3-5,7-13H2,1-2H3/t17-/m1/s1. The maximum absolute atomic E-state index is 12.5. The lowest BCUT2D eigenvalue weighted by Gasteiger charge is -2.22. The number of carbonyl (C=O) groups is 1. The van der Waals surface area contributed by atoms with E-state index in [1.807, 2.05) is 5.51 Å². The summed E-state index contributed by atoms with van der Waals surface area (Å²) in [4.78, 5) is 22.7. The summed E-state index contributed by atoms with van der Waals surface area (Å²) < 4.78 is 0. The zero-order valence-corrected chi connectivity index (χ0v) is 15.8. The van der Waals surface area contributed by atoms with Crippen LogP contribution in [0.25, 0.3) is 0 Å². The molecule has 1 atom stereocenters. The molecular weight excluding hydrogens is 318 g/mol. The highest BCUT2D eigenvalue weighted by molar-refractivity contribution is 7.09. The molecule has 1 amide bonds. The average molecular weight is 348 g/mol. The Morgan fingerprint density at radius 3 is 3.04 bits per heavy atom. The predicted octanol–water partition coefficient (Wildman–Crippen LogP) is 3.62. The molecule has 0 N–H and O–H groups in total. The van der Waals surface area contributed by atoms with E-state index in [-0.39, 0.29) is 0 Å². The third-order valence-corrected chi connectivity index (χ3v) is 6.15. The monoisotopic (exact) mass is 347 g/mol. The van der Waals surface area contributed by atoms with Crippen LogP contribution in [-0.2, 0) is 11.3 Å². The first-order valence-corrected chi connectivity index (χ1v) is 10.0. The minimum absolute atomic E-state index is 0.339. The van der Waals surface area contributed by atoms with Gasteiger partial charge in [-0.05, 0) is 52.0 Å². The molecule has 0 spiro atoms. The molecule has 0 unspecified atom stereocenters. The largest absolute Gasteiger partial charge is 0.342 e. The van der Waals surface area contributed by atoms with Gasteiger partial charge in [-0.3, -0.25) is 4.79 Å². The van der Waals surface area contributed by atoms with Crippen molar-refractivity contribution >= 4 is 17.2 Å². The molecule has 1 saturated heterocycles. The molecule has 2 aliphatic rings. The van der Waals surface area contributed by atoms with Crippen LogP contribution in [0.1, 0.15) is 49.1 Å². The zero-order chi connectivity index (χ0) is 16.9. The molecule has 24 heavy (non-hydrogen) atoms. The zero-order valence-electron chi connectivity index (χ0n) is 15.0. The highest BCUT2D eigenvalue weighted by atomic mass is 32.1. The molecule has 1 aliphatic carbocycles. The number of aryl methyl sites for hydroxylation is 1. The first-order valence-electron chi connectivity index (χ1n) is 9.15. The van der Waals surface area contributed by atoms with Gasteiger partial charge < -0.3 is 9.80 Å². The Balaban J connectivity index is 1.44. The van der Waals surface area contributed by atoms with Crippen LogP contribution in [0.2, 0.25) is 0 Å². The Labute approximate surface area is 149 Å². The highest BCUT2D eigenvalue weighted by Crippen LogP contribution is 2.24. The van der Waals surface area contributed by atoms with Crippen molar-refractivity contribution in [3.63, 3.8) is 0 Å². The lowest BCUT2D eigenvalue weighted by molar-refractivity contribution is -0.129. The number of hydrogen-bond donors (Lipinski definition) is 0. The second kappa shape index (κ2) is 8.26. The number of carbonyl (C=O) groups excluding carboxylic acids is 1. The maximum Gasteiger partial charge on any atom is 0.226 e. The van der Waals surface area contributed by atoms with Crippen molar-refractivity contribution in [2.24, 2.45) is 5.92 Å². The normalized spacial score (nSPS) is 21.4. The molecule has 1 aliphatic heterocycles. The van der Waals surface area contributed by atoms with Gasteiger partial charge in [-0.15, -0.1) is 11.3 Å². The van der Waals surface area contributed by atoms with Crippen LogP contribution < -0.4 is 0 Å². The average Bonchev–Trinajstić information content (AvgIpc) is 3.18. The van der Waals surface area contributed by atoms with Gasteiger partial charge in [0.15, 0.2) is 0 Å². The van der Waals surface area contributed by atoms with Gasteiger partial charge in [0.05, 0.1) is 11.2 Å². The quantitative estimate of drug-likeness (QED) is 0.738. The second-order valence-electron chi connectivity index (χ2n) is 7.34.